The SMILES string of the molecule is NC1CCCN(c2ccc(S(=O)(=O)C(F)F)cc2)C1. The summed E-state index contributed by atoms with van der Waals surface area (Å²) in [6.45, 7) is 1.54. The van der Waals surface area contributed by atoms with Gasteiger partial charge in [0.1, 0.15) is 0 Å². The number of benzene rings is 1. The van der Waals surface area contributed by atoms with Crippen molar-refractivity contribution in [2.24, 2.45) is 5.73 Å². The van der Waals surface area contributed by atoms with Gasteiger partial charge in [-0.15, -0.1) is 0 Å². The molecule has 7 heteroatoms. The maximum atomic E-state index is 12.4. The van der Waals surface area contributed by atoms with Gasteiger partial charge in [-0.05, 0) is 37.1 Å². The first kappa shape index (κ1) is 14.2. The van der Waals surface area contributed by atoms with Crippen molar-refractivity contribution in [2.75, 3.05) is 18.0 Å². The van der Waals surface area contributed by atoms with Gasteiger partial charge in [0.2, 0.25) is 9.84 Å². The summed E-state index contributed by atoms with van der Waals surface area (Å²) in [4.78, 5) is 1.68. The summed E-state index contributed by atoms with van der Waals surface area (Å²) in [5, 5.41) is 0. The third-order valence-electron chi connectivity index (χ3n) is 3.22. The number of anilines is 1. The molecule has 1 heterocycles. The topological polar surface area (TPSA) is 63.4 Å². The average Bonchev–Trinajstić information content (AvgIpc) is 2.38. The number of piperidine rings is 1. The summed E-state index contributed by atoms with van der Waals surface area (Å²) >= 11 is 0. The largest absolute Gasteiger partial charge is 0.370 e. The number of hydrogen-bond donors (Lipinski definition) is 1. The van der Waals surface area contributed by atoms with E-state index < -0.39 is 15.6 Å². The summed E-state index contributed by atoms with van der Waals surface area (Å²) in [5.41, 5.74) is 6.67. The minimum Gasteiger partial charge on any atom is -0.370 e. The highest BCUT2D eigenvalue weighted by molar-refractivity contribution is 7.91. The van der Waals surface area contributed by atoms with Crippen molar-refractivity contribution < 1.29 is 17.2 Å². The van der Waals surface area contributed by atoms with E-state index in [9.17, 15) is 17.2 Å². The van der Waals surface area contributed by atoms with Crippen molar-refractivity contribution >= 4 is 15.5 Å². The lowest BCUT2D eigenvalue weighted by atomic mass is 10.1. The molecule has 19 heavy (non-hydrogen) atoms. The molecule has 2 rings (SSSR count). The average molecular weight is 290 g/mol. The van der Waals surface area contributed by atoms with Gasteiger partial charge in [0.15, 0.2) is 0 Å². The minimum atomic E-state index is -4.51. The number of rotatable bonds is 3. The zero-order chi connectivity index (χ0) is 14.0. The van der Waals surface area contributed by atoms with Gasteiger partial charge in [-0.2, -0.15) is 8.78 Å². The highest BCUT2D eigenvalue weighted by atomic mass is 32.2. The van der Waals surface area contributed by atoms with Crippen LogP contribution in [-0.4, -0.2) is 33.3 Å². The maximum Gasteiger partial charge on any atom is 0.341 e. The smallest absolute Gasteiger partial charge is 0.341 e. The lowest BCUT2D eigenvalue weighted by Crippen LogP contribution is -2.42. The summed E-state index contributed by atoms with van der Waals surface area (Å²) in [6, 6.07) is 5.63. The monoisotopic (exact) mass is 290 g/mol. The molecule has 0 bridgehead atoms. The molecule has 106 valence electrons. The Morgan fingerprint density at radius 2 is 1.89 bits per heavy atom. The predicted molar refractivity (Wildman–Crippen MR) is 69.1 cm³/mol. The number of sulfone groups is 1. The number of nitrogens with zero attached hydrogens (tertiary/aromatic N) is 1. The fourth-order valence-corrected chi connectivity index (χ4v) is 2.92. The number of halogens is 2. The Morgan fingerprint density at radius 1 is 1.26 bits per heavy atom. The molecule has 1 aromatic carbocycles. The molecule has 0 radical (unpaired) electrons. The maximum absolute atomic E-state index is 12.4. The Morgan fingerprint density at radius 3 is 2.42 bits per heavy atom. The van der Waals surface area contributed by atoms with Gasteiger partial charge in [0.25, 0.3) is 0 Å². The summed E-state index contributed by atoms with van der Waals surface area (Å²) in [7, 11) is -4.51. The standard InChI is InChI=1S/C12H16F2N2O2S/c13-12(14)19(17,18)11-5-3-10(4-6-11)16-7-1-2-9(15)8-16/h3-6,9,12H,1-2,7-8,15H2. The summed E-state index contributed by atoms with van der Waals surface area (Å²) < 4.78 is 47.4. The molecular weight excluding hydrogens is 274 g/mol. The molecule has 1 unspecified atom stereocenters. The van der Waals surface area contributed by atoms with Gasteiger partial charge in [0.05, 0.1) is 4.90 Å². The molecule has 1 saturated heterocycles. The van der Waals surface area contributed by atoms with Crippen molar-refractivity contribution in [3.8, 4) is 0 Å². The van der Waals surface area contributed by atoms with Gasteiger partial charge < -0.3 is 10.6 Å². The lowest BCUT2D eigenvalue weighted by molar-refractivity contribution is 0.234. The highest BCUT2D eigenvalue weighted by Gasteiger charge is 2.26. The van der Waals surface area contributed by atoms with E-state index in [1.54, 1.807) is 12.1 Å². The number of nitrogens with two attached hydrogens (primary N) is 1. The van der Waals surface area contributed by atoms with Crippen molar-refractivity contribution in [1.29, 1.82) is 0 Å². The second-order valence-electron chi connectivity index (χ2n) is 4.65. The Hall–Kier alpha value is -1.21. The van der Waals surface area contributed by atoms with Crippen LogP contribution in [-0.2, 0) is 9.84 Å². The van der Waals surface area contributed by atoms with Crippen LogP contribution in [0.4, 0.5) is 14.5 Å². The fraction of sp³-hybridized carbons (Fsp3) is 0.500. The van der Waals surface area contributed by atoms with E-state index in [0.717, 1.165) is 25.1 Å². The van der Waals surface area contributed by atoms with Crippen LogP contribution in [0.25, 0.3) is 0 Å². The van der Waals surface area contributed by atoms with E-state index in [-0.39, 0.29) is 10.9 Å². The Balaban J connectivity index is 2.19. The van der Waals surface area contributed by atoms with Crippen LogP contribution in [0.5, 0.6) is 0 Å². The van der Waals surface area contributed by atoms with Gasteiger partial charge in [-0.3, -0.25) is 0 Å². The second-order valence-corrected chi connectivity index (χ2v) is 6.57. The van der Waals surface area contributed by atoms with E-state index in [2.05, 4.69) is 0 Å². The van der Waals surface area contributed by atoms with Gasteiger partial charge in [-0.25, -0.2) is 8.42 Å². The van der Waals surface area contributed by atoms with Crippen LogP contribution >= 0.6 is 0 Å². The second kappa shape index (κ2) is 5.42. The quantitative estimate of drug-likeness (QED) is 0.918. The molecule has 0 saturated carbocycles. The lowest BCUT2D eigenvalue weighted by Gasteiger charge is -2.32. The van der Waals surface area contributed by atoms with Crippen LogP contribution < -0.4 is 10.6 Å². The fourth-order valence-electron chi connectivity index (χ4n) is 2.19. The summed E-state index contributed by atoms with van der Waals surface area (Å²) in [6.07, 6.45) is 1.94. The van der Waals surface area contributed by atoms with Gasteiger partial charge >= 0.3 is 5.76 Å². The van der Waals surface area contributed by atoms with Crippen LogP contribution in [0.1, 0.15) is 12.8 Å². The molecule has 2 N–H and O–H groups in total. The van der Waals surface area contributed by atoms with Crippen LogP contribution in [0.2, 0.25) is 0 Å². The molecule has 1 aromatic rings. The molecular formula is C12H16F2N2O2S. The van der Waals surface area contributed by atoms with E-state index in [1.165, 1.54) is 12.1 Å². The molecule has 1 aliphatic rings. The molecule has 0 aliphatic carbocycles. The summed E-state index contributed by atoms with van der Waals surface area (Å²) in [5.74, 6) is -3.39. The zero-order valence-electron chi connectivity index (χ0n) is 10.3. The molecule has 1 fully saturated rings. The van der Waals surface area contributed by atoms with Gasteiger partial charge in [-0.1, -0.05) is 0 Å². The first-order valence-electron chi connectivity index (χ1n) is 6.04. The van der Waals surface area contributed by atoms with Crippen LogP contribution in [0, 0.1) is 0 Å². The van der Waals surface area contributed by atoms with Crippen molar-refractivity contribution in [2.45, 2.75) is 29.5 Å². The van der Waals surface area contributed by atoms with Crippen LogP contribution in [0.15, 0.2) is 29.2 Å². The van der Waals surface area contributed by atoms with E-state index in [0.29, 0.717) is 6.54 Å². The van der Waals surface area contributed by atoms with Crippen molar-refractivity contribution in [3.63, 3.8) is 0 Å². The van der Waals surface area contributed by atoms with Crippen LogP contribution in [0.3, 0.4) is 0 Å². The predicted octanol–water partition coefficient (Wildman–Crippen LogP) is 1.61. The first-order valence-corrected chi connectivity index (χ1v) is 7.58. The molecule has 1 aliphatic heterocycles. The third-order valence-corrected chi connectivity index (χ3v) is 4.62. The molecule has 1 atom stereocenters. The molecule has 0 aromatic heterocycles. The Labute approximate surface area is 111 Å². The third kappa shape index (κ3) is 3.03. The van der Waals surface area contributed by atoms with Crippen molar-refractivity contribution in [3.05, 3.63) is 24.3 Å². The van der Waals surface area contributed by atoms with E-state index in [4.69, 9.17) is 5.73 Å². The minimum absolute atomic E-state index is 0.0956. The van der Waals surface area contributed by atoms with E-state index >= 15 is 0 Å². The molecule has 0 spiro atoms. The number of hydrogen-bond acceptors (Lipinski definition) is 4. The Kier molecular flexibility index (Phi) is 4.05. The highest BCUT2D eigenvalue weighted by Crippen LogP contribution is 2.24. The molecule has 0 amide bonds. The van der Waals surface area contributed by atoms with E-state index in [1.807, 2.05) is 4.90 Å². The zero-order valence-corrected chi connectivity index (χ0v) is 11.1. The Bertz CT molecular complexity index is 531. The van der Waals surface area contributed by atoms with Crippen molar-refractivity contribution in [1.82, 2.24) is 0 Å². The number of alkyl halides is 2. The normalized spacial score (nSPS) is 20.8. The molecule has 4 nitrogen and oxygen atoms in total. The first-order chi connectivity index (χ1) is 8.91. The van der Waals surface area contributed by atoms with Gasteiger partial charge in [0, 0.05) is 24.8 Å².